The molecule has 0 radical (unpaired) electrons. The Morgan fingerprint density at radius 2 is 1.81 bits per heavy atom. The maximum absolute atomic E-state index is 14.7. The molecule has 0 saturated carbocycles. The first-order valence-electron chi connectivity index (χ1n) is 14.8. The second kappa shape index (κ2) is 12.2. The van der Waals surface area contributed by atoms with E-state index in [1.807, 2.05) is 67.6 Å². The summed E-state index contributed by atoms with van der Waals surface area (Å²) in [6.07, 6.45) is 5.31. The minimum atomic E-state index is -1.23. The van der Waals surface area contributed by atoms with Crippen LogP contribution in [0.15, 0.2) is 86.0 Å². The van der Waals surface area contributed by atoms with Crippen LogP contribution in [0.2, 0.25) is 0 Å². The normalized spacial score (nSPS) is 28.3. The molecule has 3 heterocycles. The highest BCUT2D eigenvalue weighted by atomic mass is 16.6. The maximum Gasteiger partial charge on any atom is 0.312 e. The number of likely N-dealkylation sites (tertiary alicyclic amines) is 1. The van der Waals surface area contributed by atoms with Crippen molar-refractivity contribution in [3.63, 3.8) is 0 Å². The molecular formula is C34H40N2O6. The van der Waals surface area contributed by atoms with Crippen LogP contribution < -0.4 is 0 Å². The van der Waals surface area contributed by atoms with E-state index in [1.54, 1.807) is 17.1 Å². The number of fused-ring (bicyclic) bond motifs is 1. The molecule has 8 nitrogen and oxygen atoms in total. The third-order valence-corrected chi connectivity index (χ3v) is 9.24. The number of hydrogen-bond donors (Lipinski definition) is 1. The van der Waals surface area contributed by atoms with E-state index in [0.717, 1.165) is 5.56 Å². The van der Waals surface area contributed by atoms with Gasteiger partial charge in [-0.1, -0.05) is 79.7 Å². The minimum absolute atomic E-state index is 0.159. The van der Waals surface area contributed by atoms with E-state index in [4.69, 9.17) is 9.47 Å². The summed E-state index contributed by atoms with van der Waals surface area (Å²) in [7, 11) is 0. The monoisotopic (exact) mass is 572 g/mol. The highest BCUT2D eigenvalue weighted by molar-refractivity contribution is 5.99. The Labute approximate surface area is 247 Å². The fourth-order valence-corrected chi connectivity index (χ4v) is 7.36. The lowest BCUT2D eigenvalue weighted by atomic mass is 9.65. The average molecular weight is 573 g/mol. The summed E-state index contributed by atoms with van der Waals surface area (Å²) in [5.74, 6) is -2.91. The molecule has 3 fully saturated rings. The summed E-state index contributed by atoms with van der Waals surface area (Å²) in [5.41, 5.74) is -0.499. The standard InChI is InChI=1S/C34H40N2O6/c1-4-7-21-41-32(40)28-27-30(38)36(26(23-37)25-16-12-9-13-17-25)29(34(27)19-18-33(28,6-3)42-34)31(39)35(20-5-2)22-24-14-10-8-11-15-24/h4-5,8-17,26-29,37H,1-2,6-7,18-23H2,3H3/t26-,27+,28+,29?,33-,34?/m1/s1. The van der Waals surface area contributed by atoms with Crippen LogP contribution in [0.4, 0.5) is 0 Å². The molecule has 3 saturated heterocycles. The lowest BCUT2D eigenvalue weighted by Crippen LogP contribution is -2.57. The highest BCUT2D eigenvalue weighted by Gasteiger charge is 2.79. The van der Waals surface area contributed by atoms with Crippen LogP contribution in [0, 0.1) is 11.8 Å². The largest absolute Gasteiger partial charge is 0.465 e. The van der Waals surface area contributed by atoms with Crippen LogP contribution in [0.1, 0.15) is 49.8 Å². The fraction of sp³-hybridized carbons (Fsp3) is 0.441. The van der Waals surface area contributed by atoms with Crippen molar-refractivity contribution < 1.29 is 29.0 Å². The number of carbonyl (C=O) groups excluding carboxylic acids is 3. The quantitative estimate of drug-likeness (QED) is 0.220. The zero-order valence-corrected chi connectivity index (χ0v) is 24.2. The molecule has 0 aromatic heterocycles. The van der Waals surface area contributed by atoms with Crippen molar-refractivity contribution >= 4 is 17.8 Å². The fourth-order valence-electron chi connectivity index (χ4n) is 7.36. The SMILES string of the molecule is C=CCCOC(=O)[C@@H]1[C@H]2C(=O)N([C@H](CO)c3ccccc3)C(C(=O)N(CC=C)Cc3ccccc3)C23CC[C@@]1(CC)O3. The van der Waals surface area contributed by atoms with Crippen LogP contribution in [-0.4, -0.2) is 69.7 Å². The molecule has 222 valence electrons. The predicted octanol–water partition coefficient (Wildman–Crippen LogP) is 4.21. The summed E-state index contributed by atoms with van der Waals surface area (Å²) in [6, 6.07) is 17.0. The van der Waals surface area contributed by atoms with E-state index in [-0.39, 0.29) is 25.0 Å². The lowest BCUT2D eigenvalue weighted by Gasteiger charge is -2.39. The first-order chi connectivity index (χ1) is 20.4. The van der Waals surface area contributed by atoms with E-state index in [2.05, 4.69) is 13.2 Å². The second-order valence-corrected chi connectivity index (χ2v) is 11.4. The van der Waals surface area contributed by atoms with Gasteiger partial charge in [-0.3, -0.25) is 14.4 Å². The van der Waals surface area contributed by atoms with Gasteiger partial charge in [-0.05, 0) is 36.8 Å². The zero-order valence-electron chi connectivity index (χ0n) is 24.2. The van der Waals surface area contributed by atoms with Crippen molar-refractivity contribution in [2.45, 2.75) is 62.4 Å². The maximum atomic E-state index is 14.7. The van der Waals surface area contributed by atoms with Gasteiger partial charge in [-0.2, -0.15) is 0 Å². The second-order valence-electron chi connectivity index (χ2n) is 11.4. The van der Waals surface area contributed by atoms with Gasteiger partial charge in [0.1, 0.15) is 17.6 Å². The number of aliphatic hydroxyl groups excluding tert-OH is 1. The van der Waals surface area contributed by atoms with Crippen molar-refractivity contribution in [2.75, 3.05) is 19.8 Å². The van der Waals surface area contributed by atoms with Crippen molar-refractivity contribution in [3.8, 4) is 0 Å². The number of aliphatic hydroxyl groups is 1. The Balaban J connectivity index is 1.61. The Morgan fingerprint density at radius 1 is 1.12 bits per heavy atom. The molecule has 5 rings (SSSR count). The number of ether oxygens (including phenoxy) is 2. The van der Waals surface area contributed by atoms with Gasteiger partial charge in [0.25, 0.3) is 0 Å². The molecule has 3 aliphatic rings. The summed E-state index contributed by atoms with van der Waals surface area (Å²) in [4.78, 5) is 46.2. The highest BCUT2D eigenvalue weighted by Crippen LogP contribution is 2.65. The number of esters is 1. The molecule has 1 N–H and O–H groups in total. The Hall–Kier alpha value is -3.75. The molecule has 2 aromatic rings. The molecular weight excluding hydrogens is 532 g/mol. The number of benzene rings is 2. The van der Waals surface area contributed by atoms with Crippen molar-refractivity contribution in [3.05, 3.63) is 97.1 Å². The van der Waals surface area contributed by atoms with Crippen LogP contribution in [0.25, 0.3) is 0 Å². The molecule has 42 heavy (non-hydrogen) atoms. The van der Waals surface area contributed by atoms with Crippen LogP contribution in [0.3, 0.4) is 0 Å². The molecule has 2 amide bonds. The molecule has 2 aromatic carbocycles. The molecule has 0 aliphatic carbocycles. The third-order valence-electron chi connectivity index (χ3n) is 9.24. The minimum Gasteiger partial charge on any atom is -0.465 e. The van der Waals surface area contributed by atoms with Gasteiger partial charge in [0, 0.05) is 13.1 Å². The Bertz CT molecular complexity index is 1320. The van der Waals surface area contributed by atoms with Gasteiger partial charge in [0.2, 0.25) is 11.8 Å². The summed E-state index contributed by atoms with van der Waals surface area (Å²) >= 11 is 0. The lowest BCUT2D eigenvalue weighted by molar-refractivity contribution is -0.163. The number of nitrogens with zero attached hydrogens (tertiary/aromatic N) is 2. The van der Waals surface area contributed by atoms with E-state index in [0.29, 0.717) is 37.8 Å². The summed E-state index contributed by atoms with van der Waals surface area (Å²) in [6.45, 7) is 9.86. The first kappa shape index (κ1) is 29.7. The summed E-state index contributed by atoms with van der Waals surface area (Å²) < 4.78 is 12.5. The number of carbonyl (C=O) groups is 3. The van der Waals surface area contributed by atoms with Gasteiger partial charge in [-0.15, -0.1) is 13.2 Å². The van der Waals surface area contributed by atoms with Gasteiger partial charge in [-0.25, -0.2) is 0 Å². The Kier molecular flexibility index (Phi) is 8.66. The van der Waals surface area contributed by atoms with Gasteiger partial charge >= 0.3 is 5.97 Å². The molecule has 1 spiro atoms. The van der Waals surface area contributed by atoms with Crippen LogP contribution in [0.5, 0.6) is 0 Å². The van der Waals surface area contributed by atoms with E-state index in [1.165, 1.54) is 4.90 Å². The van der Waals surface area contributed by atoms with Gasteiger partial charge in [0.15, 0.2) is 0 Å². The molecule has 2 bridgehead atoms. The van der Waals surface area contributed by atoms with E-state index < -0.39 is 47.7 Å². The topological polar surface area (TPSA) is 96.4 Å². The average Bonchev–Trinajstić information content (AvgIpc) is 3.62. The first-order valence-corrected chi connectivity index (χ1v) is 14.8. The number of rotatable bonds is 13. The van der Waals surface area contributed by atoms with E-state index >= 15 is 0 Å². The van der Waals surface area contributed by atoms with Crippen molar-refractivity contribution in [1.29, 1.82) is 0 Å². The van der Waals surface area contributed by atoms with Crippen molar-refractivity contribution in [2.24, 2.45) is 11.8 Å². The molecule has 3 aliphatic heterocycles. The molecule has 2 unspecified atom stereocenters. The molecule has 8 heteroatoms. The predicted molar refractivity (Wildman–Crippen MR) is 158 cm³/mol. The van der Waals surface area contributed by atoms with Gasteiger partial charge < -0.3 is 24.4 Å². The third kappa shape index (κ3) is 4.86. The smallest absolute Gasteiger partial charge is 0.312 e. The zero-order chi connectivity index (χ0) is 29.9. The number of hydrogen-bond acceptors (Lipinski definition) is 6. The van der Waals surface area contributed by atoms with E-state index in [9.17, 15) is 19.5 Å². The summed E-state index contributed by atoms with van der Waals surface area (Å²) in [5, 5.41) is 10.7. The number of amides is 2. The van der Waals surface area contributed by atoms with Crippen LogP contribution in [-0.2, 0) is 30.4 Å². The molecule has 6 atom stereocenters. The Morgan fingerprint density at radius 3 is 2.43 bits per heavy atom. The van der Waals surface area contributed by atoms with Crippen molar-refractivity contribution in [1.82, 2.24) is 9.80 Å². The van der Waals surface area contributed by atoms with Crippen LogP contribution >= 0.6 is 0 Å². The van der Waals surface area contributed by atoms with Gasteiger partial charge in [0.05, 0.1) is 30.8 Å².